The van der Waals surface area contributed by atoms with Gasteiger partial charge in [-0.1, -0.05) is 44.2 Å². The summed E-state index contributed by atoms with van der Waals surface area (Å²) in [5.41, 5.74) is 3.22. The van der Waals surface area contributed by atoms with Crippen molar-refractivity contribution >= 4 is 11.9 Å². The maximum Gasteiger partial charge on any atom is 0.307 e. The van der Waals surface area contributed by atoms with Crippen LogP contribution in [0, 0.1) is 11.8 Å². The van der Waals surface area contributed by atoms with Crippen molar-refractivity contribution in [2.45, 2.75) is 33.3 Å². The number of rotatable bonds is 8. The monoisotopic (exact) mass is 279 g/mol. The van der Waals surface area contributed by atoms with E-state index in [1.54, 1.807) is 0 Å². The Morgan fingerprint density at radius 3 is 2.45 bits per heavy atom. The Kier molecular flexibility index (Phi) is 6.73. The minimum atomic E-state index is -0.947. The molecule has 0 radical (unpaired) electrons. The summed E-state index contributed by atoms with van der Waals surface area (Å²) in [6.07, 6.45) is 0.406. The van der Waals surface area contributed by atoms with Crippen LogP contribution in [0.3, 0.4) is 0 Å². The largest absolute Gasteiger partial charge is 0.481 e. The molecule has 1 aromatic rings. The van der Waals surface area contributed by atoms with Gasteiger partial charge in [0.05, 0.1) is 12.5 Å². The molecule has 0 aromatic heterocycles. The number of hydrogen-bond acceptors (Lipinski definition) is 3. The van der Waals surface area contributed by atoms with E-state index in [0.29, 0.717) is 6.42 Å². The number of nitrogens with one attached hydrogen (secondary N) is 1. The topological polar surface area (TPSA) is 75.6 Å². The van der Waals surface area contributed by atoms with Gasteiger partial charge >= 0.3 is 5.97 Å². The molecule has 0 saturated heterocycles. The molecule has 0 aliphatic heterocycles. The number of aliphatic carboxylic acids is 1. The van der Waals surface area contributed by atoms with Crippen molar-refractivity contribution in [3.05, 3.63) is 35.9 Å². The third-order valence-corrected chi connectivity index (χ3v) is 2.80. The van der Waals surface area contributed by atoms with E-state index in [9.17, 15) is 9.59 Å². The van der Waals surface area contributed by atoms with Gasteiger partial charge in [0.25, 0.3) is 0 Å². The highest BCUT2D eigenvalue weighted by Crippen LogP contribution is 2.15. The maximum absolute atomic E-state index is 11.6. The summed E-state index contributed by atoms with van der Waals surface area (Å²) in [7, 11) is 0. The van der Waals surface area contributed by atoms with Crippen LogP contribution in [0.1, 0.15) is 32.3 Å². The molecule has 5 nitrogen and oxygen atoms in total. The first-order chi connectivity index (χ1) is 9.49. The zero-order valence-electron chi connectivity index (χ0n) is 11.8. The number of carbonyl (C=O) groups is 2. The van der Waals surface area contributed by atoms with E-state index in [1.807, 2.05) is 44.2 Å². The van der Waals surface area contributed by atoms with Crippen molar-refractivity contribution in [2.24, 2.45) is 11.8 Å². The molecule has 0 saturated carbocycles. The second-order valence-corrected chi connectivity index (χ2v) is 5.17. The Morgan fingerprint density at radius 1 is 1.25 bits per heavy atom. The molecule has 0 bridgehead atoms. The van der Waals surface area contributed by atoms with Crippen molar-refractivity contribution in [1.82, 2.24) is 5.48 Å². The molecule has 0 unspecified atom stereocenters. The second-order valence-electron chi connectivity index (χ2n) is 5.17. The molecule has 2 N–H and O–H groups in total. The molecule has 0 heterocycles. The Hall–Kier alpha value is -1.88. The molecule has 0 aliphatic rings. The summed E-state index contributed by atoms with van der Waals surface area (Å²) < 4.78 is 0. The SMILES string of the molecule is CC(C)C[C@H](CC(=O)NOCc1ccccc1)C(=O)O. The summed E-state index contributed by atoms with van der Waals surface area (Å²) >= 11 is 0. The molecule has 5 heteroatoms. The Labute approximate surface area is 118 Å². The second kappa shape index (κ2) is 8.32. The molecule has 0 fully saturated rings. The van der Waals surface area contributed by atoms with E-state index < -0.39 is 17.8 Å². The van der Waals surface area contributed by atoms with Crippen molar-refractivity contribution in [2.75, 3.05) is 0 Å². The van der Waals surface area contributed by atoms with Crippen LogP contribution in [0.4, 0.5) is 0 Å². The van der Waals surface area contributed by atoms with E-state index >= 15 is 0 Å². The fourth-order valence-corrected chi connectivity index (χ4v) is 1.88. The lowest BCUT2D eigenvalue weighted by Gasteiger charge is -2.14. The van der Waals surface area contributed by atoms with Gasteiger partial charge in [0.1, 0.15) is 0 Å². The lowest BCUT2D eigenvalue weighted by molar-refractivity contribution is -0.147. The number of carbonyl (C=O) groups excluding carboxylic acids is 1. The fraction of sp³-hybridized carbons (Fsp3) is 0.467. The predicted octanol–water partition coefficient (Wildman–Crippen LogP) is 2.37. The number of amides is 1. The van der Waals surface area contributed by atoms with Crippen molar-refractivity contribution in [3.63, 3.8) is 0 Å². The van der Waals surface area contributed by atoms with Gasteiger partial charge < -0.3 is 5.11 Å². The third-order valence-electron chi connectivity index (χ3n) is 2.80. The molecular weight excluding hydrogens is 258 g/mol. The van der Waals surface area contributed by atoms with E-state index in [-0.39, 0.29) is 18.9 Å². The van der Waals surface area contributed by atoms with Gasteiger partial charge in [0.2, 0.25) is 5.91 Å². The van der Waals surface area contributed by atoms with Crippen molar-refractivity contribution < 1.29 is 19.5 Å². The van der Waals surface area contributed by atoms with Gasteiger partial charge in [0, 0.05) is 6.42 Å². The van der Waals surface area contributed by atoms with Gasteiger partial charge in [-0.05, 0) is 17.9 Å². The zero-order chi connectivity index (χ0) is 15.0. The molecule has 110 valence electrons. The number of hydroxylamine groups is 1. The Bertz CT molecular complexity index is 431. The molecule has 0 spiro atoms. The number of carboxylic acids is 1. The first-order valence-corrected chi connectivity index (χ1v) is 6.66. The highest BCUT2D eigenvalue weighted by Gasteiger charge is 2.22. The molecule has 1 rings (SSSR count). The van der Waals surface area contributed by atoms with Gasteiger partial charge in [0.15, 0.2) is 0 Å². The highest BCUT2D eigenvalue weighted by atomic mass is 16.6. The summed E-state index contributed by atoms with van der Waals surface area (Å²) in [5, 5.41) is 9.05. The summed E-state index contributed by atoms with van der Waals surface area (Å²) in [6, 6.07) is 9.41. The van der Waals surface area contributed by atoms with E-state index in [4.69, 9.17) is 9.94 Å². The first-order valence-electron chi connectivity index (χ1n) is 6.66. The molecule has 20 heavy (non-hydrogen) atoms. The normalized spacial score (nSPS) is 12.2. The van der Waals surface area contributed by atoms with E-state index in [0.717, 1.165) is 5.56 Å². The van der Waals surface area contributed by atoms with Crippen LogP contribution < -0.4 is 5.48 Å². The summed E-state index contributed by atoms with van der Waals surface area (Å²) in [4.78, 5) is 27.7. The highest BCUT2D eigenvalue weighted by molar-refractivity contribution is 5.81. The Morgan fingerprint density at radius 2 is 1.90 bits per heavy atom. The van der Waals surface area contributed by atoms with Crippen molar-refractivity contribution in [3.8, 4) is 0 Å². The van der Waals surface area contributed by atoms with Gasteiger partial charge in [-0.2, -0.15) is 0 Å². The van der Waals surface area contributed by atoms with Crippen LogP contribution in [0.5, 0.6) is 0 Å². The molecule has 1 atom stereocenters. The minimum Gasteiger partial charge on any atom is -0.481 e. The third kappa shape index (κ3) is 6.33. The predicted molar refractivity (Wildman–Crippen MR) is 74.6 cm³/mol. The molecule has 1 amide bonds. The lowest BCUT2D eigenvalue weighted by Crippen LogP contribution is -2.29. The number of hydrogen-bond donors (Lipinski definition) is 2. The van der Waals surface area contributed by atoms with Gasteiger partial charge in [-0.3, -0.25) is 14.4 Å². The van der Waals surface area contributed by atoms with Crippen LogP contribution in [0.2, 0.25) is 0 Å². The van der Waals surface area contributed by atoms with Crippen LogP contribution in [0.25, 0.3) is 0 Å². The molecule has 0 aliphatic carbocycles. The van der Waals surface area contributed by atoms with Crippen LogP contribution >= 0.6 is 0 Å². The average molecular weight is 279 g/mol. The smallest absolute Gasteiger partial charge is 0.307 e. The Balaban J connectivity index is 2.33. The quantitative estimate of drug-likeness (QED) is 0.716. The van der Waals surface area contributed by atoms with E-state index in [2.05, 4.69) is 5.48 Å². The standard InChI is InChI=1S/C15H21NO4/c1-11(2)8-13(15(18)19)9-14(17)16-20-10-12-6-4-3-5-7-12/h3-7,11,13H,8-10H2,1-2H3,(H,16,17)(H,18,19)/t13-/m1/s1. The van der Waals surface area contributed by atoms with Gasteiger partial charge in [-0.25, -0.2) is 5.48 Å². The van der Waals surface area contributed by atoms with Crippen LogP contribution in [0.15, 0.2) is 30.3 Å². The average Bonchev–Trinajstić information content (AvgIpc) is 2.38. The van der Waals surface area contributed by atoms with E-state index in [1.165, 1.54) is 0 Å². The number of carboxylic acid groups (broad SMARTS) is 1. The lowest BCUT2D eigenvalue weighted by atomic mass is 9.94. The van der Waals surface area contributed by atoms with Gasteiger partial charge in [-0.15, -0.1) is 0 Å². The molecule has 1 aromatic carbocycles. The van der Waals surface area contributed by atoms with Crippen molar-refractivity contribution in [1.29, 1.82) is 0 Å². The summed E-state index contributed by atoms with van der Waals surface area (Å²) in [5.74, 6) is -1.80. The minimum absolute atomic E-state index is 0.0672. The van der Waals surface area contributed by atoms with Crippen LogP contribution in [-0.4, -0.2) is 17.0 Å². The first kappa shape index (κ1) is 16.2. The van der Waals surface area contributed by atoms with Crippen LogP contribution in [-0.2, 0) is 21.0 Å². The zero-order valence-corrected chi connectivity index (χ0v) is 11.8. The maximum atomic E-state index is 11.6. The fourth-order valence-electron chi connectivity index (χ4n) is 1.88. The summed E-state index contributed by atoms with van der Waals surface area (Å²) in [6.45, 7) is 4.12. The molecular formula is C15H21NO4. The number of benzene rings is 1.